The smallest absolute Gasteiger partial charge is 0.306 e. The molecule has 0 aliphatic heterocycles. The van der Waals surface area contributed by atoms with Crippen molar-refractivity contribution in [2.45, 2.75) is 26.7 Å². The summed E-state index contributed by atoms with van der Waals surface area (Å²) in [5.41, 5.74) is 2.60. The maximum atomic E-state index is 11.8. The quantitative estimate of drug-likeness (QED) is 0.552. The molecule has 0 saturated carbocycles. The number of carbonyl (C=O) groups excluding carboxylic acids is 2. The van der Waals surface area contributed by atoms with Crippen molar-refractivity contribution in [3.05, 3.63) is 58.6 Å². The fourth-order valence-electron chi connectivity index (χ4n) is 2.24. The highest BCUT2D eigenvalue weighted by atomic mass is 35.5. The van der Waals surface area contributed by atoms with Gasteiger partial charge in [-0.15, -0.1) is 0 Å². The largest absolute Gasteiger partial charge is 0.494 e. The van der Waals surface area contributed by atoms with Gasteiger partial charge in [0, 0.05) is 6.42 Å². The van der Waals surface area contributed by atoms with Crippen LogP contribution in [0.1, 0.15) is 24.0 Å². The Bertz CT molecular complexity index is 776. The van der Waals surface area contributed by atoms with Crippen LogP contribution in [0.2, 0.25) is 5.02 Å². The topological polar surface area (TPSA) is 64.6 Å². The van der Waals surface area contributed by atoms with Gasteiger partial charge in [0.15, 0.2) is 6.61 Å². The van der Waals surface area contributed by atoms with E-state index in [0.717, 1.165) is 16.9 Å². The summed E-state index contributed by atoms with van der Waals surface area (Å²) < 4.78 is 10.5. The zero-order valence-corrected chi connectivity index (χ0v) is 15.6. The fraction of sp³-hybridized carbons (Fsp3) is 0.300. The van der Waals surface area contributed by atoms with E-state index in [9.17, 15) is 9.59 Å². The standard InChI is InChI=1S/C20H22ClNO4/c1-14-5-3-6-16(11-14)25-10-4-7-20(24)26-13-19(23)22-18-9-8-15(2)12-17(18)21/h3,5-6,8-9,11-12H,4,7,10,13H2,1-2H3,(H,22,23). The van der Waals surface area contributed by atoms with Crippen molar-refractivity contribution >= 4 is 29.2 Å². The molecule has 0 fully saturated rings. The molecule has 0 spiro atoms. The highest BCUT2D eigenvalue weighted by Gasteiger charge is 2.10. The van der Waals surface area contributed by atoms with Crippen LogP contribution in [0.15, 0.2) is 42.5 Å². The Balaban J connectivity index is 1.64. The molecule has 0 radical (unpaired) electrons. The summed E-state index contributed by atoms with van der Waals surface area (Å²) in [7, 11) is 0. The van der Waals surface area contributed by atoms with Gasteiger partial charge >= 0.3 is 5.97 Å². The van der Waals surface area contributed by atoms with Gasteiger partial charge < -0.3 is 14.8 Å². The molecule has 0 heterocycles. The number of rotatable bonds is 8. The molecule has 0 aliphatic rings. The Labute approximate surface area is 158 Å². The number of anilines is 1. The van der Waals surface area contributed by atoms with E-state index < -0.39 is 11.9 Å². The van der Waals surface area contributed by atoms with Crippen molar-refractivity contribution in [1.82, 2.24) is 0 Å². The van der Waals surface area contributed by atoms with Gasteiger partial charge in [0.1, 0.15) is 5.75 Å². The second-order valence-corrected chi connectivity index (χ2v) is 6.37. The predicted molar refractivity (Wildman–Crippen MR) is 102 cm³/mol. The molecule has 0 saturated heterocycles. The van der Waals surface area contributed by atoms with Gasteiger partial charge in [0.2, 0.25) is 0 Å². The van der Waals surface area contributed by atoms with Crippen molar-refractivity contribution in [3.8, 4) is 5.75 Å². The lowest BCUT2D eigenvalue weighted by Gasteiger charge is -2.09. The lowest BCUT2D eigenvalue weighted by molar-refractivity contribution is -0.147. The third-order valence-corrected chi connectivity index (χ3v) is 3.86. The van der Waals surface area contributed by atoms with Crippen molar-refractivity contribution < 1.29 is 19.1 Å². The van der Waals surface area contributed by atoms with Gasteiger partial charge in [-0.25, -0.2) is 0 Å². The zero-order valence-electron chi connectivity index (χ0n) is 14.9. The van der Waals surface area contributed by atoms with Crippen LogP contribution in [0.3, 0.4) is 0 Å². The minimum Gasteiger partial charge on any atom is -0.494 e. The lowest BCUT2D eigenvalue weighted by Crippen LogP contribution is -2.21. The predicted octanol–water partition coefficient (Wildman–Crippen LogP) is 4.30. The first-order valence-electron chi connectivity index (χ1n) is 8.35. The summed E-state index contributed by atoms with van der Waals surface area (Å²) in [4.78, 5) is 23.5. The maximum Gasteiger partial charge on any atom is 0.306 e. The average molecular weight is 376 g/mol. The molecular weight excluding hydrogens is 354 g/mol. The van der Waals surface area contributed by atoms with E-state index in [1.54, 1.807) is 12.1 Å². The lowest BCUT2D eigenvalue weighted by atomic mass is 10.2. The molecule has 138 valence electrons. The van der Waals surface area contributed by atoms with Crippen LogP contribution in [0.4, 0.5) is 5.69 Å². The summed E-state index contributed by atoms with van der Waals surface area (Å²) in [6, 6.07) is 13.0. The van der Waals surface area contributed by atoms with Crippen molar-refractivity contribution in [2.75, 3.05) is 18.5 Å². The van der Waals surface area contributed by atoms with E-state index in [4.69, 9.17) is 21.1 Å². The normalized spacial score (nSPS) is 10.3. The molecule has 2 rings (SSSR count). The molecule has 5 nitrogen and oxygen atoms in total. The van der Waals surface area contributed by atoms with E-state index in [2.05, 4.69) is 5.32 Å². The molecule has 0 aromatic heterocycles. The molecule has 0 atom stereocenters. The minimum absolute atomic E-state index is 0.185. The summed E-state index contributed by atoms with van der Waals surface area (Å²) in [5.74, 6) is -0.101. The van der Waals surface area contributed by atoms with Crippen LogP contribution in [-0.4, -0.2) is 25.1 Å². The Hall–Kier alpha value is -2.53. The van der Waals surface area contributed by atoms with E-state index in [1.807, 2.05) is 44.2 Å². The summed E-state index contributed by atoms with van der Waals surface area (Å²) in [6.45, 7) is 3.95. The van der Waals surface area contributed by atoms with Crippen molar-refractivity contribution in [3.63, 3.8) is 0 Å². The minimum atomic E-state index is -0.442. The number of halogens is 1. The molecule has 6 heteroatoms. The first-order valence-corrected chi connectivity index (χ1v) is 8.73. The van der Waals surface area contributed by atoms with Gasteiger partial charge in [-0.1, -0.05) is 29.8 Å². The number of nitrogens with one attached hydrogen (secondary N) is 1. The van der Waals surface area contributed by atoms with E-state index in [0.29, 0.717) is 23.7 Å². The average Bonchev–Trinajstić information content (AvgIpc) is 2.59. The molecule has 1 amide bonds. The first-order chi connectivity index (χ1) is 12.4. The molecular formula is C20H22ClNO4. The molecule has 1 N–H and O–H groups in total. The first kappa shape index (κ1) is 19.8. The van der Waals surface area contributed by atoms with Gasteiger partial charge in [0.25, 0.3) is 5.91 Å². The fourth-order valence-corrected chi connectivity index (χ4v) is 2.52. The highest BCUT2D eigenvalue weighted by Crippen LogP contribution is 2.22. The van der Waals surface area contributed by atoms with Crippen molar-refractivity contribution in [2.24, 2.45) is 0 Å². The molecule has 0 bridgehead atoms. The van der Waals surface area contributed by atoms with Crippen LogP contribution >= 0.6 is 11.6 Å². The molecule has 0 aliphatic carbocycles. The molecule has 26 heavy (non-hydrogen) atoms. The number of aryl methyl sites for hydroxylation is 2. The summed E-state index contributed by atoms with van der Waals surface area (Å²) in [5, 5.41) is 3.06. The van der Waals surface area contributed by atoms with Crippen LogP contribution in [0.5, 0.6) is 5.75 Å². The van der Waals surface area contributed by atoms with Crippen LogP contribution in [0.25, 0.3) is 0 Å². The van der Waals surface area contributed by atoms with Gasteiger partial charge in [-0.3, -0.25) is 9.59 Å². The number of esters is 1. The van der Waals surface area contributed by atoms with Crippen molar-refractivity contribution in [1.29, 1.82) is 0 Å². The van der Waals surface area contributed by atoms with Crippen LogP contribution in [0, 0.1) is 13.8 Å². The van der Waals surface area contributed by atoms with E-state index >= 15 is 0 Å². The number of hydrogen-bond donors (Lipinski definition) is 1. The zero-order chi connectivity index (χ0) is 18.9. The van der Waals surface area contributed by atoms with Crippen LogP contribution < -0.4 is 10.1 Å². The van der Waals surface area contributed by atoms with Gasteiger partial charge in [-0.05, 0) is 55.7 Å². The third-order valence-electron chi connectivity index (χ3n) is 3.55. The van der Waals surface area contributed by atoms with Gasteiger partial charge in [0.05, 0.1) is 17.3 Å². The number of hydrogen-bond acceptors (Lipinski definition) is 4. The number of amides is 1. The molecule has 2 aromatic rings. The highest BCUT2D eigenvalue weighted by molar-refractivity contribution is 6.33. The SMILES string of the molecule is Cc1cccc(OCCCC(=O)OCC(=O)Nc2ccc(C)cc2Cl)c1. The second kappa shape index (κ2) is 9.82. The molecule has 0 unspecified atom stereocenters. The van der Waals surface area contributed by atoms with E-state index in [-0.39, 0.29) is 13.0 Å². The summed E-state index contributed by atoms with van der Waals surface area (Å²) in [6.07, 6.45) is 0.697. The maximum absolute atomic E-state index is 11.8. The number of benzene rings is 2. The Kier molecular flexibility index (Phi) is 7.48. The van der Waals surface area contributed by atoms with Crippen LogP contribution in [-0.2, 0) is 14.3 Å². The molecule has 2 aromatic carbocycles. The van der Waals surface area contributed by atoms with E-state index in [1.165, 1.54) is 0 Å². The Morgan fingerprint density at radius 2 is 1.85 bits per heavy atom. The summed E-state index contributed by atoms with van der Waals surface area (Å²) >= 11 is 6.04. The number of ether oxygens (including phenoxy) is 2. The monoisotopic (exact) mass is 375 g/mol. The Morgan fingerprint density at radius 1 is 1.08 bits per heavy atom. The third kappa shape index (κ3) is 6.76. The second-order valence-electron chi connectivity index (χ2n) is 5.96. The van der Waals surface area contributed by atoms with Gasteiger partial charge in [-0.2, -0.15) is 0 Å². The number of carbonyl (C=O) groups is 2. The Morgan fingerprint density at radius 3 is 2.58 bits per heavy atom.